The number of anilines is 1. The molecule has 31 heavy (non-hydrogen) atoms. The molecule has 1 aliphatic carbocycles. The van der Waals surface area contributed by atoms with Crippen LogP contribution in [0.1, 0.15) is 59.5 Å². The van der Waals surface area contributed by atoms with Gasteiger partial charge in [-0.2, -0.15) is 0 Å². The van der Waals surface area contributed by atoms with E-state index < -0.39 is 0 Å². The van der Waals surface area contributed by atoms with Crippen molar-refractivity contribution in [2.45, 2.75) is 58.5 Å². The Morgan fingerprint density at radius 3 is 2.87 bits per heavy atom. The van der Waals surface area contributed by atoms with Crippen molar-refractivity contribution in [3.05, 3.63) is 63.8 Å². The Morgan fingerprint density at radius 2 is 2.06 bits per heavy atom. The van der Waals surface area contributed by atoms with Crippen LogP contribution in [0.15, 0.2) is 36.5 Å². The summed E-state index contributed by atoms with van der Waals surface area (Å²) in [6, 6.07) is 10.1. The molecule has 6 heteroatoms. The molecule has 1 atom stereocenters. The number of nitrogens with zero attached hydrogens (tertiary/aromatic N) is 2. The number of methoxy groups -OCH3 is 1. The molecule has 0 saturated carbocycles. The molecule has 0 saturated heterocycles. The van der Waals surface area contributed by atoms with Crippen molar-refractivity contribution in [2.24, 2.45) is 0 Å². The number of hydrogen-bond donors (Lipinski definition) is 1. The standard InChI is InChI=1S/C25H29N3O2S/c1-4-20-21-9-7-13-27(21)24-18(17-8-5-6-10-23(17)31-24)15-28(20)25(29)26-19-14-16(2)11-12-22(19)30-3/h7,9,11-14,20H,4-6,8,10,15H2,1-3H3,(H,26,29)/t20-/m1/s1. The first-order chi connectivity index (χ1) is 15.1. The Labute approximate surface area is 187 Å². The van der Waals surface area contributed by atoms with Crippen LogP contribution in [0.2, 0.25) is 0 Å². The molecule has 3 heterocycles. The van der Waals surface area contributed by atoms with E-state index in [1.807, 2.05) is 41.4 Å². The molecule has 1 aromatic carbocycles. The third-order valence-corrected chi connectivity index (χ3v) is 7.88. The van der Waals surface area contributed by atoms with E-state index in [0.29, 0.717) is 12.3 Å². The van der Waals surface area contributed by atoms with Gasteiger partial charge in [0.1, 0.15) is 10.8 Å². The minimum atomic E-state index is -0.0768. The predicted octanol–water partition coefficient (Wildman–Crippen LogP) is 6.23. The number of thiophene rings is 1. The maximum absolute atomic E-state index is 13.7. The lowest BCUT2D eigenvalue weighted by molar-refractivity contribution is 0.181. The SMILES string of the molecule is CC[C@@H]1c2cccn2-c2sc3c(c2CN1C(=O)Nc1cc(C)ccc1OC)CCCC3. The molecule has 0 spiro atoms. The smallest absolute Gasteiger partial charge is 0.322 e. The zero-order chi connectivity index (χ0) is 21.5. The van der Waals surface area contributed by atoms with Crippen molar-refractivity contribution in [2.75, 3.05) is 12.4 Å². The molecule has 5 nitrogen and oxygen atoms in total. The second kappa shape index (κ2) is 8.08. The highest BCUT2D eigenvalue weighted by Crippen LogP contribution is 2.43. The quantitative estimate of drug-likeness (QED) is 0.530. The number of urea groups is 1. The topological polar surface area (TPSA) is 46.5 Å². The molecule has 1 aliphatic heterocycles. The average Bonchev–Trinajstić information content (AvgIpc) is 3.36. The normalized spacial score (nSPS) is 17.4. The van der Waals surface area contributed by atoms with Gasteiger partial charge in [-0.05, 0) is 74.4 Å². The Morgan fingerprint density at radius 1 is 1.23 bits per heavy atom. The number of carbonyl (C=O) groups excluding carboxylic acids is 1. The van der Waals surface area contributed by atoms with Gasteiger partial charge in [0, 0.05) is 22.3 Å². The molecular formula is C25H29N3O2S. The molecule has 2 aliphatic rings. The maximum atomic E-state index is 13.7. The molecule has 0 bridgehead atoms. The van der Waals surface area contributed by atoms with Crippen LogP contribution in [0.25, 0.3) is 5.00 Å². The van der Waals surface area contributed by atoms with Gasteiger partial charge in [0.05, 0.1) is 25.4 Å². The number of amides is 2. The van der Waals surface area contributed by atoms with Crippen LogP contribution < -0.4 is 10.1 Å². The predicted molar refractivity (Wildman–Crippen MR) is 126 cm³/mol. The monoisotopic (exact) mass is 435 g/mol. The van der Waals surface area contributed by atoms with Gasteiger partial charge in [0.2, 0.25) is 0 Å². The van der Waals surface area contributed by atoms with Crippen molar-refractivity contribution in [3.63, 3.8) is 0 Å². The first kappa shape index (κ1) is 20.2. The van der Waals surface area contributed by atoms with Crippen molar-refractivity contribution >= 4 is 23.1 Å². The molecule has 5 rings (SSSR count). The zero-order valence-corrected chi connectivity index (χ0v) is 19.2. The highest BCUT2D eigenvalue weighted by molar-refractivity contribution is 7.15. The van der Waals surface area contributed by atoms with Gasteiger partial charge in [-0.15, -0.1) is 11.3 Å². The minimum absolute atomic E-state index is 0.0182. The van der Waals surface area contributed by atoms with Gasteiger partial charge >= 0.3 is 6.03 Å². The summed E-state index contributed by atoms with van der Waals surface area (Å²) in [7, 11) is 1.64. The summed E-state index contributed by atoms with van der Waals surface area (Å²) in [6.45, 7) is 4.82. The van der Waals surface area contributed by atoms with Crippen LogP contribution >= 0.6 is 11.3 Å². The summed E-state index contributed by atoms with van der Waals surface area (Å²) in [5, 5.41) is 4.45. The van der Waals surface area contributed by atoms with Crippen LogP contribution in [0.3, 0.4) is 0 Å². The molecule has 0 radical (unpaired) electrons. The zero-order valence-electron chi connectivity index (χ0n) is 18.4. The Bertz CT molecular complexity index is 1130. The molecular weight excluding hydrogens is 406 g/mol. The fraction of sp³-hybridized carbons (Fsp3) is 0.400. The van der Waals surface area contributed by atoms with E-state index in [-0.39, 0.29) is 12.1 Å². The number of hydrogen-bond acceptors (Lipinski definition) is 3. The van der Waals surface area contributed by atoms with E-state index in [0.717, 1.165) is 30.5 Å². The maximum Gasteiger partial charge on any atom is 0.322 e. The van der Waals surface area contributed by atoms with Crippen molar-refractivity contribution < 1.29 is 9.53 Å². The van der Waals surface area contributed by atoms with Gasteiger partial charge in [0.25, 0.3) is 0 Å². The summed E-state index contributed by atoms with van der Waals surface area (Å²) in [5.41, 5.74) is 5.80. The van der Waals surface area contributed by atoms with Gasteiger partial charge in [-0.3, -0.25) is 0 Å². The van der Waals surface area contributed by atoms with Gasteiger partial charge in [-0.1, -0.05) is 13.0 Å². The number of ether oxygens (including phenoxy) is 1. The van der Waals surface area contributed by atoms with Gasteiger partial charge in [0.15, 0.2) is 0 Å². The largest absolute Gasteiger partial charge is 0.495 e. The van der Waals surface area contributed by atoms with Crippen LogP contribution in [0.5, 0.6) is 5.75 Å². The highest BCUT2D eigenvalue weighted by atomic mass is 32.1. The van der Waals surface area contributed by atoms with Gasteiger partial charge < -0.3 is 19.5 Å². The van der Waals surface area contributed by atoms with E-state index in [4.69, 9.17) is 4.74 Å². The lowest BCUT2D eigenvalue weighted by atomic mass is 9.95. The lowest BCUT2D eigenvalue weighted by Crippen LogP contribution is -2.37. The molecule has 1 N–H and O–H groups in total. The Kier molecular flexibility index (Phi) is 5.26. The molecule has 2 aromatic heterocycles. The van der Waals surface area contributed by atoms with Crippen molar-refractivity contribution in [3.8, 4) is 10.8 Å². The lowest BCUT2D eigenvalue weighted by Gasteiger charge is -2.30. The molecule has 3 aromatic rings. The molecule has 2 amide bonds. The summed E-state index contributed by atoms with van der Waals surface area (Å²) < 4.78 is 7.82. The number of aryl methyl sites for hydroxylation is 2. The molecule has 0 fully saturated rings. The summed E-state index contributed by atoms with van der Waals surface area (Å²) in [6.07, 6.45) is 7.80. The fourth-order valence-electron chi connectivity index (χ4n) is 5.01. The fourth-order valence-corrected chi connectivity index (χ4v) is 6.42. The van der Waals surface area contributed by atoms with Crippen LogP contribution in [-0.2, 0) is 19.4 Å². The number of aromatic nitrogens is 1. The average molecular weight is 436 g/mol. The number of benzene rings is 1. The third kappa shape index (κ3) is 3.43. The Hall–Kier alpha value is -2.73. The van der Waals surface area contributed by atoms with Crippen LogP contribution in [0.4, 0.5) is 10.5 Å². The van der Waals surface area contributed by atoms with Gasteiger partial charge in [-0.25, -0.2) is 4.79 Å². The van der Waals surface area contributed by atoms with E-state index in [2.05, 4.69) is 35.1 Å². The Balaban J connectivity index is 1.57. The third-order valence-electron chi connectivity index (χ3n) is 6.55. The van der Waals surface area contributed by atoms with E-state index >= 15 is 0 Å². The summed E-state index contributed by atoms with van der Waals surface area (Å²) >= 11 is 1.92. The number of fused-ring (bicyclic) bond motifs is 5. The highest BCUT2D eigenvalue weighted by Gasteiger charge is 2.34. The van der Waals surface area contributed by atoms with E-state index in [1.54, 1.807) is 7.11 Å². The van der Waals surface area contributed by atoms with Crippen molar-refractivity contribution in [1.29, 1.82) is 0 Å². The number of nitrogens with one attached hydrogen (secondary N) is 1. The molecule has 162 valence electrons. The van der Waals surface area contributed by atoms with E-state index in [9.17, 15) is 4.79 Å². The van der Waals surface area contributed by atoms with Crippen LogP contribution in [-0.4, -0.2) is 22.6 Å². The second-order valence-electron chi connectivity index (χ2n) is 8.48. The van der Waals surface area contributed by atoms with Crippen molar-refractivity contribution in [1.82, 2.24) is 9.47 Å². The first-order valence-electron chi connectivity index (χ1n) is 11.1. The first-order valence-corrected chi connectivity index (χ1v) is 12.0. The number of carbonyl (C=O) groups is 1. The summed E-state index contributed by atoms with van der Waals surface area (Å²) in [4.78, 5) is 17.2. The number of rotatable bonds is 3. The van der Waals surface area contributed by atoms with Crippen LogP contribution in [0, 0.1) is 6.92 Å². The minimum Gasteiger partial charge on any atom is -0.495 e. The molecule has 0 unspecified atom stereocenters. The van der Waals surface area contributed by atoms with E-state index in [1.165, 1.54) is 39.5 Å². The summed E-state index contributed by atoms with van der Waals surface area (Å²) in [5.74, 6) is 0.679. The second-order valence-corrected chi connectivity index (χ2v) is 9.57.